The topological polar surface area (TPSA) is 53.2 Å². The molecule has 0 radical (unpaired) electrons. The van der Waals surface area contributed by atoms with Crippen molar-refractivity contribution in [3.8, 4) is 0 Å². The standard InChI is InChI=1S/C18H29N3O.ClH/c1-4-18(5-2,13-20-17(22)16-11-19-12-16)21-14(3)15-9-7-6-8-10-15;/h6-10,14,16,19,21H,4-5,11-13H2,1-3H3,(H,20,22);1H. The maximum Gasteiger partial charge on any atom is 0.225 e. The van der Waals surface area contributed by atoms with Gasteiger partial charge < -0.3 is 16.0 Å². The van der Waals surface area contributed by atoms with Crippen LogP contribution in [-0.4, -0.2) is 31.1 Å². The Kier molecular flexibility index (Phi) is 8.03. The number of hydrogen-bond donors (Lipinski definition) is 3. The molecule has 3 N–H and O–H groups in total. The summed E-state index contributed by atoms with van der Waals surface area (Å²) in [7, 11) is 0. The Hall–Kier alpha value is -1.10. The predicted octanol–water partition coefficient (Wildman–Crippen LogP) is 2.65. The fraction of sp³-hybridized carbons (Fsp3) is 0.611. The average molecular weight is 340 g/mol. The maximum absolute atomic E-state index is 12.1. The molecular formula is C18H30ClN3O. The molecule has 1 atom stereocenters. The zero-order valence-electron chi connectivity index (χ0n) is 14.4. The largest absolute Gasteiger partial charge is 0.354 e. The second-order valence-corrected chi connectivity index (χ2v) is 6.34. The van der Waals surface area contributed by atoms with E-state index in [1.165, 1.54) is 5.56 Å². The summed E-state index contributed by atoms with van der Waals surface area (Å²) in [6, 6.07) is 10.7. The molecule has 1 aromatic rings. The van der Waals surface area contributed by atoms with Gasteiger partial charge in [-0.2, -0.15) is 0 Å². The first-order valence-corrected chi connectivity index (χ1v) is 8.41. The summed E-state index contributed by atoms with van der Waals surface area (Å²) in [5, 5.41) is 10.0. The number of benzene rings is 1. The van der Waals surface area contributed by atoms with Crippen molar-refractivity contribution in [1.82, 2.24) is 16.0 Å². The van der Waals surface area contributed by atoms with Gasteiger partial charge in [0.2, 0.25) is 5.91 Å². The van der Waals surface area contributed by atoms with Crippen LogP contribution >= 0.6 is 12.4 Å². The minimum Gasteiger partial charge on any atom is -0.354 e. The molecule has 23 heavy (non-hydrogen) atoms. The SMILES string of the molecule is CCC(CC)(CNC(=O)C1CNC1)NC(C)c1ccccc1.Cl. The monoisotopic (exact) mass is 339 g/mol. The lowest BCUT2D eigenvalue weighted by Gasteiger charge is -2.37. The van der Waals surface area contributed by atoms with Crippen molar-refractivity contribution in [3.05, 3.63) is 35.9 Å². The molecule has 0 bridgehead atoms. The third-order valence-electron chi connectivity index (χ3n) is 4.93. The molecule has 1 aliphatic rings. The highest BCUT2D eigenvalue weighted by atomic mass is 35.5. The molecule has 1 unspecified atom stereocenters. The molecule has 0 spiro atoms. The Morgan fingerprint density at radius 1 is 1.26 bits per heavy atom. The van der Waals surface area contributed by atoms with E-state index in [0.29, 0.717) is 6.54 Å². The van der Waals surface area contributed by atoms with Crippen LogP contribution in [0.25, 0.3) is 0 Å². The Labute approximate surface area is 146 Å². The van der Waals surface area contributed by atoms with E-state index in [0.717, 1.165) is 25.9 Å². The molecule has 5 heteroatoms. The van der Waals surface area contributed by atoms with Crippen molar-refractivity contribution in [2.24, 2.45) is 5.92 Å². The number of hydrogen-bond acceptors (Lipinski definition) is 3. The highest BCUT2D eigenvalue weighted by molar-refractivity contribution is 5.85. The molecule has 1 aliphatic heterocycles. The number of halogens is 1. The van der Waals surface area contributed by atoms with Gasteiger partial charge in [0.25, 0.3) is 0 Å². The average Bonchev–Trinajstić information content (AvgIpc) is 2.50. The minimum absolute atomic E-state index is 0. The summed E-state index contributed by atoms with van der Waals surface area (Å²) >= 11 is 0. The second kappa shape index (κ2) is 9.26. The molecule has 1 fully saturated rings. The van der Waals surface area contributed by atoms with Crippen LogP contribution in [0.4, 0.5) is 0 Å². The Morgan fingerprint density at radius 3 is 2.35 bits per heavy atom. The lowest BCUT2D eigenvalue weighted by Crippen LogP contribution is -2.57. The third-order valence-corrected chi connectivity index (χ3v) is 4.93. The lowest BCUT2D eigenvalue weighted by atomic mass is 9.90. The second-order valence-electron chi connectivity index (χ2n) is 6.34. The number of amides is 1. The molecule has 0 aromatic heterocycles. The fourth-order valence-corrected chi connectivity index (χ4v) is 2.91. The molecule has 1 heterocycles. The first-order chi connectivity index (χ1) is 10.6. The molecule has 2 rings (SSSR count). The number of rotatable bonds is 8. The van der Waals surface area contributed by atoms with Gasteiger partial charge in [-0.25, -0.2) is 0 Å². The smallest absolute Gasteiger partial charge is 0.225 e. The number of carbonyl (C=O) groups is 1. The van der Waals surface area contributed by atoms with Gasteiger partial charge in [-0.1, -0.05) is 44.2 Å². The van der Waals surface area contributed by atoms with Crippen LogP contribution in [0.5, 0.6) is 0 Å². The molecule has 0 saturated carbocycles. The zero-order valence-corrected chi connectivity index (χ0v) is 15.2. The van der Waals surface area contributed by atoms with E-state index in [1.807, 2.05) is 6.07 Å². The molecule has 4 nitrogen and oxygen atoms in total. The van der Waals surface area contributed by atoms with E-state index in [9.17, 15) is 4.79 Å². The Balaban J connectivity index is 0.00000264. The van der Waals surface area contributed by atoms with Crippen LogP contribution in [0.3, 0.4) is 0 Å². The Bertz CT molecular complexity index is 472. The quantitative estimate of drug-likeness (QED) is 0.682. The first-order valence-electron chi connectivity index (χ1n) is 8.41. The van der Waals surface area contributed by atoms with Gasteiger partial charge in [0.15, 0.2) is 0 Å². The van der Waals surface area contributed by atoms with Gasteiger partial charge in [-0.3, -0.25) is 4.79 Å². The van der Waals surface area contributed by atoms with E-state index >= 15 is 0 Å². The third kappa shape index (κ3) is 5.20. The van der Waals surface area contributed by atoms with Gasteiger partial charge in [0, 0.05) is 31.2 Å². The van der Waals surface area contributed by atoms with Gasteiger partial charge >= 0.3 is 0 Å². The summed E-state index contributed by atoms with van der Waals surface area (Å²) in [5.41, 5.74) is 1.23. The maximum atomic E-state index is 12.1. The van der Waals surface area contributed by atoms with Crippen molar-refractivity contribution >= 4 is 18.3 Å². The minimum atomic E-state index is -0.0535. The van der Waals surface area contributed by atoms with Crippen LogP contribution in [0.1, 0.15) is 45.2 Å². The molecule has 1 saturated heterocycles. The normalized spacial score (nSPS) is 16.1. The summed E-state index contributed by atoms with van der Waals surface area (Å²) in [6.45, 7) is 8.87. The molecule has 130 valence electrons. The van der Waals surface area contributed by atoms with Crippen molar-refractivity contribution < 1.29 is 4.79 Å². The van der Waals surface area contributed by atoms with E-state index in [1.54, 1.807) is 0 Å². The number of nitrogens with one attached hydrogen (secondary N) is 3. The number of carbonyl (C=O) groups excluding carboxylic acids is 1. The summed E-state index contributed by atoms with van der Waals surface area (Å²) in [6.07, 6.45) is 1.98. The zero-order chi connectivity index (χ0) is 16.0. The highest BCUT2D eigenvalue weighted by Crippen LogP contribution is 2.21. The molecular weight excluding hydrogens is 310 g/mol. The van der Waals surface area contributed by atoms with Gasteiger partial charge in [-0.15, -0.1) is 12.4 Å². The lowest BCUT2D eigenvalue weighted by molar-refractivity contribution is -0.126. The van der Waals surface area contributed by atoms with Crippen LogP contribution < -0.4 is 16.0 Å². The summed E-state index contributed by atoms with van der Waals surface area (Å²) < 4.78 is 0. The van der Waals surface area contributed by atoms with Crippen molar-refractivity contribution in [2.45, 2.75) is 45.2 Å². The van der Waals surface area contributed by atoms with Crippen LogP contribution in [-0.2, 0) is 4.79 Å². The van der Waals surface area contributed by atoms with Crippen molar-refractivity contribution in [1.29, 1.82) is 0 Å². The van der Waals surface area contributed by atoms with Crippen molar-refractivity contribution in [2.75, 3.05) is 19.6 Å². The van der Waals surface area contributed by atoms with Crippen LogP contribution in [0, 0.1) is 5.92 Å². The molecule has 1 amide bonds. The molecule has 0 aliphatic carbocycles. The first kappa shape index (κ1) is 19.9. The Morgan fingerprint density at radius 2 is 1.87 bits per heavy atom. The van der Waals surface area contributed by atoms with E-state index in [-0.39, 0.29) is 35.8 Å². The molecule has 1 aromatic carbocycles. The van der Waals surface area contributed by atoms with E-state index in [4.69, 9.17) is 0 Å². The van der Waals surface area contributed by atoms with E-state index < -0.39 is 0 Å². The summed E-state index contributed by atoms with van der Waals surface area (Å²) in [5.74, 6) is 0.331. The van der Waals surface area contributed by atoms with Gasteiger partial charge in [0.05, 0.1) is 5.92 Å². The highest BCUT2D eigenvalue weighted by Gasteiger charge is 2.31. The van der Waals surface area contributed by atoms with Gasteiger partial charge in [-0.05, 0) is 25.3 Å². The van der Waals surface area contributed by atoms with Gasteiger partial charge in [0.1, 0.15) is 0 Å². The van der Waals surface area contributed by atoms with E-state index in [2.05, 4.69) is 61.0 Å². The fourth-order valence-electron chi connectivity index (χ4n) is 2.91. The predicted molar refractivity (Wildman–Crippen MR) is 97.9 cm³/mol. The van der Waals surface area contributed by atoms with Crippen LogP contribution in [0.15, 0.2) is 30.3 Å². The summed E-state index contributed by atoms with van der Waals surface area (Å²) in [4.78, 5) is 12.1. The van der Waals surface area contributed by atoms with Crippen LogP contribution in [0.2, 0.25) is 0 Å². The van der Waals surface area contributed by atoms with Crippen molar-refractivity contribution in [3.63, 3.8) is 0 Å².